The molecule has 0 aromatic heterocycles. The molecule has 0 spiro atoms. The number of nitrogens with zero attached hydrogens (tertiary/aromatic N) is 1. The zero-order valence-corrected chi connectivity index (χ0v) is 9.67. The SMILES string of the molecule is CC(C)COC(=O)c1ccc([N+](=O)[O-])cc1N. The Kier molecular flexibility index (Phi) is 4.03. The Morgan fingerprint density at radius 1 is 1.53 bits per heavy atom. The minimum Gasteiger partial charge on any atom is -0.462 e. The van der Waals surface area contributed by atoms with E-state index in [9.17, 15) is 14.9 Å². The molecule has 0 bridgehead atoms. The fraction of sp³-hybridized carbons (Fsp3) is 0.364. The molecule has 1 aromatic rings. The van der Waals surface area contributed by atoms with Crippen LogP contribution < -0.4 is 5.73 Å². The first-order valence-corrected chi connectivity index (χ1v) is 5.13. The van der Waals surface area contributed by atoms with Crippen molar-refractivity contribution in [3.63, 3.8) is 0 Å². The van der Waals surface area contributed by atoms with Gasteiger partial charge in [-0.15, -0.1) is 0 Å². The van der Waals surface area contributed by atoms with Gasteiger partial charge in [0, 0.05) is 12.1 Å². The van der Waals surface area contributed by atoms with Gasteiger partial charge in [-0.05, 0) is 12.0 Å². The molecule has 0 atom stereocenters. The number of nitro groups is 1. The Balaban J connectivity index is 2.85. The van der Waals surface area contributed by atoms with Crippen LogP contribution in [0.25, 0.3) is 0 Å². The normalized spacial score (nSPS) is 10.3. The van der Waals surface area contributed by atoms with E-state index in [0.717, 1.165) is 6.07 Å². The molecule has 6 nitrogen and oxygen atoms in total. The lowest BCUT2D eigenvalue weighted by atomic mass is 10.1. The summed E-state index contributed by atoms with van der Waals surface area (Å²) in [6.07, 6.45) is 0. The highest BCUT2D eigenvalue weighted by atomic mass is 16.6. The van der Waals surface area contributed by atoms with Crippen LogP contribution in [0.15, 0.2) is 18.2 Å². The lowest BCUT2D eigenvalue weighted by molar-refractivity contribution is -0.384. The number of carbonyl (C=O) groups excluding carboxylic acids is 1. The van der Waals surface area contributed by atoms with Crippen molar-refractivity contribution < 1.29 is 14.5 Å². The molecule has 0 radical (unpaired) electrons. The van der Waals surface area contributed by atoms with Crippen LogP contribution in [0.3, 0.4) is 0 Å². The number of nitro benzene ring substituents is 1. The average Bonchev–Trinajstić information content (AvgIpc) is 2.25. The second kappa shape index (κ2) is 5.29. The number of carbonyl (C=O) groups is 1. The number of anilines is 1. The predicted molar refractivity (Wildman–Crippen MR) is 62.6 cm³/mol. The molecule has 0 aliphatic rings. The molecule has 0 amide bonds. The van der Waals surface area contributed by atoms with Crippen LogP contribution in [0.2, 0.25) is 0 Å². The number of benzene rings is 1. The summed E-state index contributed by atoms with van der Waals surface area (Å²) in [5.41, 5.74) is 5.61. The zero-order valence-electron chi connectivity index (χ0n) is 9.67. The molecular weight excluding hydrogens is 224 g/mol. The molecule has 1 aromatic carbocycles. The van der Waals surface area contributed by atoms with Crippen molar-refractivity contribution >= 4 is 17.3 Å². The van der Waals surface area contributed by atoms with Crippen LogP contribution in [-0.4, -0.2) is 17.5 Å². The maximum absolute atomic E-state index is 11.6. The Labute approximate surface area is 98.5 Å². The summed E-state index contributed by atoms with van der Waals surface area (Å²) < 4.78 is 4.98. The van der Waals surface area contributed by atoms with Crippen molar-refractivity contribution in [3.8, 4) is 0 Å². The highest BCUT2D eigenvalue weighted by Gasteiger charge is 2.15. The number of esters is 1. The van der Waals surface area contributed by atoms with Gasteiger partial charge >= 0.3 is 5.97 Å². The highest BCUT2D eigenvalue weighted by molar-refractivity contribution is 5.95. The smallest absolute Gasteiger partial charge is 0.340 e. The predicted octanol–water partition coefficient (Wildman–Crippen LogP) is 1.99. The van der Waals surface area contributed by atoms with Gasteiger partial charge in [-0.25, -0.2) is 4.79 Å². The second-order valence-electron chi connectivity index (χ2n) is 4.02. The molecule has 1 rings (SSSR count). The van der Waals surface area contributed by atoms with Gasteiger partial charge in [0.15, 0.2) is 0 Å². The van der Waals surface area contributed by atoms with Crippen molar-refractivity contribution in [3.05, 3.63) is 33.9 Å². The Morgan fingerprint density at radius 3 is 2.65 bits per heavy atom. The van der Waals surface area contributed by atoms with Gasteiger partial charge in [0.2, 0.25) is 0 Å². The summed E-state index contributed by atoms with van der Waals surface area (Å²) in [6, 6.07) is 3.67. The first-order valence-electron chi connectivity index (χ1n) is 5.13. The Morgan fingerprint density at radius 2 is 2.18 bits per heavy atom. The van der Waals surface area contributed by atoms with E-state index in [1.54, 1.807) is 0 Å². The molecule has 0 fully saturated rings. The average molecular weight is 238 g/mol. The second-order valence-corrected chi connectivity index (χ2v) is 4.02. The van der Waals surface area contributed by atoms with Gasteiger partial charge in [0.25, 0.3) is 5.69 Å². The van der Waals surface area contributed by atoms with E-state index >= 15 is 0 Å². The molecule has 2 N–H and O–H groups in total. The van der Waals surface area contributed by atoms with Gasteiger partial charge < -0.3 is 10.5 Å². The van der Waals surface area contributed by atoms with Crippen LogP contribution in [-0.2, 0) is 4.74 Å². The van der Waals surface area contributed by atoms with Crippen LogP contribution in [0, 0.1) is 16.0 Å². The summed E-state index contributed by atoms with van der Waals surface area (Å²) >= 11 is 0. The monoisotopic (exact) mass is 238 g/mol. The van der Waals surface area contributed by atoms with E-state index in [1.165, 1.54) is 12.1 Å². The molecule has 0 heterocycles. The third-order valence-corrected chi connectivity index (χ3v) is 2.01. The molecule has 0 aliphatic heterocycles. The molecule has 0 saturated heterocycles. The molecule has 17 heavy (non-hydrogen) atoms. The topological polar surface area (TPSA) is 95.5 Å². The van der Waals surface area contributed by atoms with Crippen LogP contribution in [0.4, 0.5) is 11.4 Å². The maximum Gasteiger partial charge on any atom is 0.340 e. The lowest BCUT2D eigenvalue weighted by Gasteiger charge is -2.08. The quantitative estimate of drug-likeness (QED) is 0.374. The number of nitrogen functional groups attached to an aromatic ring is 1. The van der Waals surface area contributed by atoms with Crippen molar-refractivity contribution in [2.75, 3.05) is 12.3 Å². The summed E-state index contributed by atoms with van der Waals surface area (Å²) in [6.45, 7) is 4.11. The fourth-order valence-electron chi connectivity index (χ4n) is 1.17. The summed E-state index contributed by atoms with van der Waals surface area (Å²) in [7, 11) is 0. The van der Waals surface area contributed by atoms with Crippen molar-refractivity contribution in [2.24, 2.45) is 5.92 Å². The first-order chi connectivity index (χ1) is 7.91. The first kappa shape index (κ1) is 13.0. The van der Waals surface area contributed by atoms with Gasteiger partial charge in [0.1, 0.15) is 0 Å². The standard InChI is InChI=1S/C11H14N2O4/c1-7(2)6-17-11(14)9-4-3-8(13(15)16)5-10(9)12/h3-5,7H,6,12H2,1-2H3. The largest absolute Gasteiger partial charge is 0.462 e. The number of hydrogen-bond donors (Lipinski definition) is 1. The van der Waals surface area contributed by atoms with E-state index in [2.05, 4.69) is 0 Å². The van der Waals surface area contributed by atoms with E-state index in [4.69, 9.17) is 10.5 Å². The third-order valence-electron chi connectivity index (χ3n) is 2.01. The minimum atomic E-state index is -0.570. The summed E-state index contributed by atoms with van der Waals surface area (Å²) in [5, 5.41) is 10.5. The van der Waals surface area contributed by atoms with E-state index in [-0.39, 0.29) is 29.5 Å². The van der Waals surface area contributed by atoms with E-state index < -0.39 is 10.9 Å². The molecule has 0 unspecified atom stereocenters. The molecule has 0 saturated carbocycles. The van der Waals surface area contributed by atoms with Crippen LogP contribution in [0.5, 0.6) is 0 Å². The lowest BCUT2D eigenvalue weighted by Crippen LogP contribution is -2.12. The molecule has 92 valence electrons. The van der Waals surface area contributed by atoms with E-state index in [0.29, 0.717) is 0 Å². The number of rotatable bonds is 4. The van der Waals surface area contributed by atoms with Gasteiger partial charge in [0.05, 0.1) is 22.8 Å². The maximum atomic E-state index is 11.6. The molecule has 6 heteroatoms. The number of ether oxygens (including phenoxy) is 1. The number of non-ortho nitro benzene ring substituents is 1. The van der Waals surface area contributed by atoms with Crippen LogP contribution in [0.1, 0.15) is 24.2 Å². The van der Waals surface area contributed by atoms with Crippen LogP contribution >= 0.6 is 0 Å². The van der Waals surface area contributed by atoms with Crippen molar-refractivity contribution in [2.45, 2.75) is 13.8 Å². The molecular formula is C11H14N2O4. The Hall–Kier alpha value is -2.11. The van der Waals surface area contributed by atoms with Gasteiger partial charge in [-0.1, -0.05) is 13.8 Å². The van der Waals surface area contributed by atoms with Crippen molar-refractivity contribution in [1.82, 2.24) is 0 Å². The van der Waals surface area contributed by atoms with Gasteiger partial charge in [-0.3, -0.25) is 10.1 Å². The van der Waals surface area contributed by atoms with Gasteiger partial charge in [-0.2, -0.15) is 0 Å². The molecule has 0 aliphatic carbocycles. The van der Waals surface area contributed by atoms with E-state index in [1.807, 2.05) is 13.8 Å². The zero-order chi connectivity index (χ0) is 13.0. The fourth-order valence-corrected chi connectivity index (χ4v) is 1.17. The minimum absolute atomic E-state index is 0.0490. The summed E-state index contributed by atoms with van der Waals surface area (Å²) in [5.74, 6) is -0.343. The summed E-state index contributed by atoms with van der Waals surface area (Å²) in [4.78, 5) is 21.5. The number of nitrogens with two attached hydrogens (primary N) is 1. The Bertz CT molecular complexity index is 443. The highest BCUT2D eigenvalue weighted by Crippen LogP contribution is 2.20. The third kappa shape index (κ3) is 3.44. The van der Waals surface area contributed by atoms with Crippen molar-refractivity contribution in [1.29, 1.82) is 0 Å². The number of hydrogen-bond acceptors (Lipinski definition) is 5.